The molecule has 1 heterocycles. The van der Waals surface area contributed by atoms with Crippen molar-refractivity contribution in [2.45, 2.75) is 19.0 Å². The van der Waals surface area contributed by atoms with Crippen LogP contribution in [0.5, 0.6) is 0 Å². The van der Waals surface area contributed by atoms with E-state index in [0.29, 0.717) is 18.8 Å². The molecule has 1 fully saturated rings. The molecule has 0 spiro atoms. The van der Waals surface area contributed by atoms with Crippen molar-refractivity contribution < 1.29 is 18.0 Å². The zero-order valence-electron chi connectivity index (χ0n) is 11.3. The minimum atomic E-state index is -4.12. The van der Waals surface area contributed by atoms with Gasteiger partial charge in [-0.05, 0) is 66.7 Å². The fourth-order valence-corrected chi connectivity index (χ4v) is 2.93. The monoisotopic (exact) mass is 412 g/mol. The standard InChI is InChI=1S/C14H16F3IN2O/c15-14(16,17)10-4-6-20(7-5-10)9-13(21)19-12-3-1-2-11(18)8-12/h1-3,8,10H,4-7,9H2,(H,19,21). The van der Waals surface area contributed by atoms with Gasteiger partial charge >= 0.3 is 6.18 Å². The Hall–Kier alpha value is -0.830. The third-order valence-corrected chi connectivity index (χ3v) is 4.20. The SMILES string of the molecule is O=C(CN1CCC(C(F)(F)F)CC1)Nc1cccc(I)c1. The number of benzene rings is 1. The fraction of sp³-hybridized carbons (Fsp3) is 0.500. The molecule has 0 aromatic heterocycles. The molecule has 1 aromatic rings. The summed E-state index contributed by atoms with van der Waals surface area (Å²) in [6.45, 7) is 0.754. The number of rotatable bonds is 3. The van der Waals surface area contributed by atoms with E-state index < -0.39 is 12.1 Å². The van der Waals surface area contributed by atoms with Gasteiger partial charge in [0.25, 0.3) is 0 Å². The zero-order chi connectivity index (χ0) is 15.5. The minimum Gasteiger partial charge on any atom is -0.325 e. The minimum absolute atomic E-state index is 0.0695. The largest absolute Gasteiger partial charge is 0.391 e. The van der Waals surface area contributed by atoms with Crippen LogP contribution in [0.4, 0.5) is 18.9 Å². The van der Waals surface area contributed by atoms with Gasteiger partial charge in [-0.15, -0.1) is 0 Å². The molecule has 0 saturated carbocycles. The number of nitrogens with one attached hydrogen (secondary N) is 1. The van der Waals surface area contributed by atoms with Crippen LogP contribution in [-0.2, 0) is 4.79 Å². The molecule has 1 aliphatic rings. The maximum atomic E-state index is 12.6. The highest BCUT2D eigenvalue weighted by molar-refractivity contribution is 14.1. The molecule has 0 radical (unpaired) electrons. The molecular weight excluding hydrogens is 396 g/mol. The van der Waals surface area contributed by atoms with Gasteiger partial charge in [-0.3, -0.25) is 9.69 Å². The van der Waals surface area contributed by atoms with Gasteiger partial charge in [0.05, 0.1) is 12.5 Å². The summed E-state index contributed by atoms with van der Waals surface area (Å²) in [5, 5.41) is 2.76. The summed E-state index contributed by atoms with van der Waals surface area (Å²) in [7, 11) is 0. The number of likely N-dealkylation sites (tertiary alicyclic amines) is 1. The summed E-state index contributed by atoms with van der Waals surface area (Å²) in [6.07, 6.45) is -3.98. The van der Waals surface area contributed by atoms with Crippen molar-refractivity contribution in [2.75, 3.05) is 25.0 Å². The first-order valence-electron chi connectivity index (χ1n) is 6.69. The van der Waals surface area contributed by atoms with E-state index in [1.807, 2.05) is 18.2 Å². The lowest BCUT2D eigenvalue weighted by molar-refractivity contribution is -0.184. The number of halogens is 4. The van der Waals surface area contributed by atoms with Crippen LogP contribution in [0.2, 0.25) is 0 Å². The first-order valence-corrected chi connectivity index (χ1v) is 7.77. The molecule has 2 rings (SSSR count). The van der Waals surface area contributed by atoms with Crippen molar-refractivity contribution in [1.29, 1.82) is 0 Å². The second-order valence-electron chi connectivity index (χ2n) is 5.15. The van der Waals surface area contributed by atoms with E-state index in [1.165, 1.54) is 0 Å². The van der Waals surface area contributed by atoms with Crippen LogP contribution in [0, 0.1) is 9.49 Å². The quantitative estimate of drug-likeness (QED) is 0.772. The number of anilines is 1. The lowest BCUT2D eigenvalue weighted by atomic mass is 9.96. The van der Waals surface area contributed by atoms with E-state index in [-0.39, 0.29) is 25.3 Å². The number of hydrogen-bond acceptors (Lipinski definition) is 2. The Bertz CT molecular complexity index is 499. The Morgan fingerprint density at radius 3 is 2.57 bits per heavy atom. The molecule has 0 unspecified atom stereocenters. The molecule has 116 valence electrons. The highest BCUT2D eigenvalue weighted by Gasteiger charge is 2.41. The van der Waals surface area contributed by atoms with Gasteiger partial charge in [-0.25, -0.2) is 0 Å². The molecule has 1 aromatic carbocycles. The average Bonchev–Trinajstić information content (AvgIpc) is 2.38. The Morgan fingerprint density at radius 1 is 1.33 bits per heavy atom. The Labute approximate surface area is 135 Å². The van der Waals surface area contributed by atoms with Crippen molar-refractivity contribution in [3.05, 3.63) is 27.8 Å². The van der Waals surface area contributed by atoms with Crippen molar-refractivity contribution in [2.24, 2.45) is 5.92 Å². The van der Waals surface area contributed by atoms with Gasteiger partial charge in [-0.2, -0.15) is 13.2 Å². The highest BCUT2D eigenvalue weighted by Crippen LogP contribution is 2.33. The normalized spacial score (nSPS) is 17.7. The first kappa shape index (κ1) is 16.5. The number of alkyl halides is 3. The lowest BCUT2D eigenvalue weighted by Crippen LogP contribution is -2.42. The van der Waals surface area contributed by atoms with E-state index in [9.17, 15) is 18.0 Å². The van der Waals surface area contributed by atoms with Gasteiger partial charge in [0.2, 0.25) is 5.91 Å². The van der Waals surface area contributed by atoms with E-state index >= 15 is 0 Å². The van der Waals surface area contributed by atoms with E-state index in [2.05, 4.69) is 27.9 Å². The van der Waals surface area contributed by atoms with Gasteiger partial charge in [0, 0.05) is 9.26 Å². The van der Waals surface area contributed by atoms with Crippen molar-refractivity contribution >= 4 is 34.2 Å². The van der Waals surface area contributed by atoms with Crippen LogP contribution in [0.3, 0.4) is 0 Å². The molecule has 1 aliphatic heterocycles. The third kappa shape index (κ3) is 5.14. The summed E-state index contributed by atoms with van der Waals surface area (Å²) in [4.78, 5) is 13.7. The maximum Gasteiger partial charge on any atom is 0.391 e. The molecule has 21 heavy (non-hydrogen) atoms. The van der Waals surface area contributed by atoms with E-state index in [1.54, 1.807) is 11.0 Å². The highest BCUT2D eigenvalue weighted by atomic mass is 127. The Morgan fingerprint density at radius 2 is 2.00 bits per heavy atom. The van der Waals surface area contributed by atoms with Gasteiger partial charge in [0.1, 0.15) is 0 Å². The molecule has 0 aliphatic carbocycles. The molecule has 0 atom stereocenters. The number of hydrogen-bond donors (Lipinski definition) is 1. The summed E-state index contributed by atoms with van der Waals surface area (Å²) in [5.74, 6) is -1.42. The van der Waals surface area contributed by atoms with Crippen LogP contribution >= 0.6 is 22.6 Å². The van der Waals surface area contributed by atoms with Crippen LogP contribution in [0.1, 0.15) is 12.8 Å². The molecule has 7 heteroatoms. The summed E-state index contributed by atoms with van der Waals surface area (Å²) < 4.78 is 38.7. The number of piperidine rings is 1. The Kier molecular flexibility index (Phi) is 5.48. The molecular formula is C14H16F3IN2O. The lowest BCUT2D eigenvalue weighted by Gasteiger charge is -2.32. The zero-order valence-corrected chi connectivity index (χ0v) is 13.4. The number of nitrogens with zero attached hydrogens (tertiary/aromatic N) is 1. The topological polar surface area (TPSA) is 32.3 Å². The number of carbonyl (C=O) groups is 1. The molecule has 1 amide bonds. The Balaban J connectivity index is 1.79. The predicted molar refractivity (Wildman–Crippen MR) is 83.0 cm³/mol. The summed E-state index contributed by atoms with van der Waals surface area (Å²) in [6, 6.07) is 7.38. The first-order chi connectivity index (χ1) is 9.84. The second kappa shape index (κ2) is 6.95. The van der Waals surface area contributed by atoms with E-state index in [0.717, 1.165) is 3.57 Å². The fourth-order valence-electron chi connectivity index (χ4n) is 2.39. The number of amides is 1. The van der Waals surface area contributed by atoms with Crippen LogP contribution in [-0.4, -0.2) is 36.6 Å². The third-order valence-electron chi connectivity index (χ3n) is 3.53. The summed E-state index contributed by atoms with van der Waals surface area (Å²) >= 11 is 2.15. The van der Waals surface area contributed by atoms with Crippen LogP contribution in [0.25, 0.3) is 0 Å². The van der Waals surface area contributed by atoms with Crippen molar-refractivity contribution in [1.82, 2.24) is 4.90 Å². The molecule has 3 nitrogen and oxygen atoms in total. The summed E-state index contributed by atoms with van der Waals surface area (Å²) in [5.41, 5.74) is 0.706. The van der Waals surface area contributed by atoms with Gasteiger partial charge < -0.3 is 5.32 Å². The smallest absolute Gasteiger partial charge is 0.325 e. The average molecular weight is 412 g/mol. The molecule has 0 bridgehead atoms. The predicted octanol–water partition coefficient (Wildman–Crippen LogP) is 3.50. The van der Waals surface area contributed by atoms with Gasteiger partial charge in [0.15, 0.2) is 0 Å². The van der Waals surface area contributed by atoms with Crippen molar-refractivity contribution in [3.8, 4) is 0 Å². The van der Waals surface area contributed by atoms with E-state index in [4.69, 9.17) is 0 Å². The second-order valence-corrected chi connectivity index (χ2v) is 6.40. The van der Waals surface area contributed by atoms with Crippen LogP contribution < -0.4 is 5.32 Å². The number of carbonyl (C=O) groups excluding carboxylic acids is 1. The molecule has 1 saturated heterocycles. The maximum absolute atomic E-state index is 12.6. The molecule has 1 N–H and O–H groups in total. The van der Waals surface area contributed by atoms with Gasteiger partial charge in [-0.1, -0.05) is 6.07 Å². The van der Waals surface area contributed by atoms with Crippen molar-refractivity contribution in [3.63, 3.8) is 0 Å². The van der Waals surface area contributed by atoms with Crippen LogP contribution in [0.15, 0.2) is 24.3 Å².